The highest BCUT2D eigenvalue weighted by Gasteiger charge is 2.06. The topological polar surface area (TPSA) is 58.2 Å². The molecular formula is C18H18BrFN2O2. The number of hydrogen-bond acceptors (Lipinski definition) is 2. The Hall–Kier alpha value is -2.21. The lowest BCUT2D eigenvalue weighted by molar-refractivity contribution is -0.125. The van der Waals surface area contributed by atoms with Crippen molar-refractivity contribution in [3.8, 4) is 0 Å². The Morgan fingerprint density at radius 1 is 0.958 bits per heavy atom. The van der Waals surface area contributed by atoms with E-state index in [4.69, 9.17) is 0 Å². The van der Waals surface area contributed by atoms with E-state index in [-0.39, 0.29) is 30.6 Å². The zero-order valence-corrected chi connectivity index (χ0v) is 14.6. The van der Waals surface area contributed by atoms with Gasteiger partial charge in [0, 0.05) is 11.0 Å². The molecule has 0 fully saturated rings. The van der Waals surface area contributed by atoms with Gasteiger partial charge < -0.3 is 10.6 Å². The summed E-state index contributed by atoms with van der Waals surface area (Å²) in [4.78, 5) is 23.5. The highest BCUT2D eigenvalue weighted by atomic mass is 79.9. The monoisotopic (exact) mass is 392 g/mol. The lowest BCUT2D eigenvalue weighted by atomic mass is 10.1. The van der Waals surface area contributed by atoms with Crippen LogP contribution in [-0.2, 0) is 22.4 Å². The van der Waals surface area contributed by atoms with Gasteiger partial charge in [0.2, 0.25) is 11.8 Å². The van der Waals surface area contributed by atoms with Gasteiger partial charge in [-0.05, 0) is 41.8 Å². The summed E-state index contributed by atoms with van der Waals surface area (Å²) < 4.78 is 13.7. The number of hydrogen-bond donors (Lipinski definition) is 2. The summed E-state index contributed by atoms with van der Waals surface area (Å²) in [5.74, 6) is -0.738. The third-order valence-corrected chi connectivity index (χ3v) is 3.84. The Bertz CT molecular complexity index is 704. The van der Waals surface area contributed by atoms with E-state index in [0.29, 0.717) is 13.0 Å². The van der Waals surface area contributed by atoms with Crippen LogP contribution in [0.1, 0.15) is 11.1 Å². The molecule has 2 rings (SSSR count). The van der Waals surface area contributed by atoms with Crippen molar-refractivity contribution in [2.24, 2.45) is 0 Å². The van der Waals surface area contributed by atoms with Crippen molar-refractivity contribution < 1.29 is 14.0 Å². The van der Waals surface area contributed by atoms with Crippen LogP contribution in [-0.4, -0.2) is 24.9 Å². The molecule has 2 amide bonds. The van der Waals surface area contributed by atoms with Gasteiger partial charge in [0.15, 0.2) is 0 Å². The summed E-state index contributed by atoms with van der Waals surface area (Å²) in [5, 5.41) is 5.31. The number of nitrogens with one attached hydrogen (secondary N) is 2. The van der Waals surface area contributed by atoms with Crippen molar-refractivity contribution in [2.45, 2.75) is 12.8 Å². The van der Waals surface area contributed by atoms with E-state index in [1.54, 1.807) is 12.1 Å². The van der Waals surface area contributed by atoms with Crippen LogP contribution >= 0.6 is 15.9 Å². The molecule has 0 saturated heterocycles. The SMILES string of the molecule is O=C(CNC(=O)Cc1cccc(Br)c1)NCCc1ccc(F)cc1. The molecule has 6 heteroatoms. The lowest BCUT2D eigenvalue weighted by Crippen LogP contribution is -2.38. The van der Waals surface area contributed by atoms with Crippen LogP contribution in [0.3, 0.4) is 0 Å². The normalized spacial score (nSPS) is 10.2. The van der Waals surface area contributed by atoms with Crippen LogP contribution in [0.4, 0.5) is 4.39 Å². The molecule has 24 heavy (non-hydrogen) atoms. The minimum atomic E-state index is -0.282. The Labute approximate surface area is 148 Å². The highest BCUT2D eigenvalue weighted by Crippen LogP contribution is 2.11. The molecule has 2 aromatic carbocycles. The predicted octanol–water partition coefficient (Wildman–Crippen LogP) is 2.61. The molecule has 0 aliphatic heterocycles. The maximum Gasteiger partial charge on any atom is 0.239 e. The summed E-state index contributed by atoms with van der Waals surface area (Å²) in [6, 6.07) is 13.6. The summed E-state index contributed by atoms with van der Waals surface area (Å²) in [7, 11) is 0. The van der Waals surface area contributed by atoms with Crippen LogP contribution in [0.2, 0.25) is 0 Å². The third-order valence-electron chi connectivity index (χ3n) is 3.35. The van der Waals surface area contributed by atoms with Crippen LogP contribution in [0.15, 0.2) is 53.0 Å². The second-order valence-corrected chi connectivity index (χ2v) is 6.23. The van der Waals surface area contributed by atoms with Gasteiger partial charge in [-0.3, -0.25) is 9.59 Å². The first-order valence-electron chi connectivity index (χ1n) is 7.55. The average molecular weight is 393 g/mol. The van der Waals surface area contributed by atoms with E-state index < -0.39 is 0 Å². The molecular weight excluding hydrogens is 375 g/mol. The molecule has 0 aliphatic carbocycles. The first-order valence-corrected chi connectivity index (χ1v) is 8.34. The maximum absolute atomic E-state index is 12.8. The lowest BCUT2D eigenvalue weighted by Gasteiger charge is -2.07. The fourth-order valence-corrected chi connectivity index (χ4v) is 2.58. The predicted molar refractivity (Wildman–Crippen MR) is 94.0 cm³/mol. The number of halogens is 2. The molecule has 4 nitrogen and oxygen atoms in total. The second-order valence-electron chi connectivity index (χ2n) is 5.31. The van der Waals surface area contributed by atoms with Crippen LogP contribution in [0.25, 0.3) is 0 Å². The second kappa shape index (κ2) is 9.17. The molecule has 0 atom stereocenters. The molecule has 2 N–H and O–H groups in total. The quantitative estimate of drug-likeness (QED) is 0.760. The van der Waals surface area contributed by atoms with Gasteiger partial charge in [0.1, 0.15) is 5.82 Å². The van der Waals surface area contributed by atoms with E-state index in [9.17, 15) is 14.0 Å². The number of carbonyl (C=O) groups excluding carboxylic acids is 2. The molecule has 2 aromatic rings. The molecule has 0 bridgehead atoms. The van der Waals surface area contributed by atoms with Crippen molar-refractivity contribution in [1.29, 1.82) is 0 Å². The first-order chi connectivity index (χ1) is 11.5. The molecule has 0 aromatic heterocycles. The molecule has 126 valence electrons. The van der Waals surface area contributed by atoms with Crippen LogP contribution < -0.4 is 10.6 Å². The van der Waals surface area contributed by atoms with Crippen molar-refractivity contribution in [1.82, 2.24) is 10.6 Å². The molecule has 0 radical (unpaired) electrons. The van der Waals surface area contributed by atoms with E-state index >= 15 is 0 Å². The van der Waals surface area contributed by atoms with Gasteiger partial charge in [0.25, 0.3) is 0 Å². The third kappa shape index (κ3) is 6.50. The minimum Gasteiger partial charge on any atom is -0.354 e. The number of benzene rings is 2. The molecule has 0 aliphatic rings. The summed E-state index contributed by atoms with van der Waals surface area (Å²) in [6.07, 6.45) is 0.834. The van der Waals surface area contributed by atoms with Gasteiger partial charge in [-0.25, -0.2) is 4.39 Å². The van der Waals surface area contributed by atoms with Gasteiger partial charge in [-0.1, -0.05) is 40.2 Å². The van der Waals surface area contributed by atoms with E-state index in [1.807, 2.05) is 24.3 Å². The fraction of sp³-hybridized carbons (Fsp3) is 0.222. The Morgan fingerprint density at radius 3 is 2.42 bits per heavy atom. The van der Waals surface area contributed by atoms with Crippen molar-refractivity contribution >= 4 is 27.7 Å². The highest BCUT2D eigenvalue weighted by molar-refractivity contribution is 9.10. The van der Waals surface area contributed by atoms with E-state index in [1.165, 1.54) is 12.1 Å². The first kappa shape index (κ1) is 18.1. The minimum absolute atomic E-state index is 0.0593. The fourth-order valence-electron chi connectivity index (χ4n) is 2.13. The molecule has 0 saturated carbocycles. The maximum atomic E-state index is 12.8. The van der Waals surface area contributed by atoms with Crippen LogP contribution in [0, 0.1) is 5.82 Å². The largest absolute Gasteiger partial charge is 0.354 e. The molecule has 0 spiro atoms. The number of amides is 2. The van der Waals surface area contributed by atoms with Crippen molar-refractivity contribution in [3.63, 3.8) is 0 Å². The summed E-state index contributed by atoms with van der Waals surface area (Å²) in [5.41, 5.74) is 1.81. The average Bonchev–Trinajstić information content (AvgIpc) is 2.55. The molecule has 0 heterocycles. The van der Waals surface area contributed by atoms with Crippen LogP contribution in [0.5, 0.6) is 0 Å². The van der Waals surface area contributed by atoms with Gasteiger partial charge in [-0.15, -0.1) is 0 Å². The number of rotatable bonds is 7. The van der Waals surface area contributed by atoms with Gasteiger partial charge in [0.05, 0.1) is 13.0 Å². The Balaban J connectivity index is 1.65. The van der Waals surface area contributed by atoms with E-state index in [2.05, 4.69) is 26.6 Å². The Morgan fingerprint density at radius 2 is 1.71 bits per heavy atom. The summed E-state index contributed by atoms with van der Waals surface area (Å²) >= 11 is 3.35. The van der Waals surface area contributed by atoms with Crippen molar-refractivity contribution in [3.05, 3.63) is 69.9 Å². The molecule has 0 unspecified atom stereocenters. The zero-order chi connectivity index (χ0) is 17.4. The summed E-state index contributed by atoms with van der Waals surface area (Å²) in [6.45, 7) is 0.377. The van der Waals surface area contributed by atoms with Gasteiger partial charge in [-0.2, -0.15) is 0 Å². The van der Waals surface area contributed by atoms with Crippen molar-refractivity contribution in [2.75, 3.05) is 13.1 Å². The standard InChI is InChI=1S/C18H18BrFN2O2/c19-15-3-1-2-14(10-15)11-17(23)22-12-18(24)21-9-8-13-4-6-16(20)7-5-13/h1-7,10H,8-9,11-12H2,(H,21,24)(H,22,23). The smallest absolute Gasteiger partial charge is 0.239 e. The van der Waals surface area contributed by atoms with E-state index in [0.717, 1.165) is 15.6 Å². The number of carbonyl (C=O) groups is 2. The van der Waals surface area contributed by atoms with Gasteiger partial charge >= 0.3 is 0 Å². The Kier molecular flexibility index (Phi) is 6.93. The zero-order valence-electron chi connectivity index (χ0n) is 13.0.